The Morgan fingerprint density at radius 1 is 1.55 bits per heavy atom. The van der Waals surface area contributed by atoms with Gasteiger partial charge < -0.3 is 0 Å². The molecule has 0 fully saturated rings. The van der Waals surface area contributed by atoms with Gasteiger partial charge in [-0.2, -0.15) is 0 Å². The highest BCUT2D eigenvalue weighted by Crippen LogP contribution is 2.03. The summed E-state index contributed by atoms with van der Waals surface area (Å²) in [6.07, 6.45) is 0. The molecule has 58 valence electrons. The Bertz CT molecular complexity index is 273. The lowest BCUT2D eigenvalue weighted by molar-refractivity contribution is 0.0985. The molecule has 0 saturated carbocycles. The summed E-state index contributed by atoms with van der Waals surface area (Å²) in [6, 6.07) is 7.34. The number of aryl methyl sites for hydroxylation is 1. The van der Waals surface area contributed by atoms with E-state index in [1.165, 1.54) is 0 Å². The average Bonchev–Trinajstić information content (AvgIpc) is 2.03. The van der Waals surface area contributed by atoms with Crippen LogP contribution in [0, 0.1) is 6.92 Å². The van der Waals surface area contributed by atoms with Gasteiger partial charge in [0.15, 0.2) is 0 Å². The van der Waals surface area contributed by atoms with Gasteiger partial charge in [-0.1, -0.05) is 30.5 Å². The molecule has 0 heterocycles. The van der Waals surface area contributed by atoms with E-state index >= 15 is 0 Å². The summed E-state index contributed by atoms with van der Waals surface area (Å²) in [6.45, 7) is 1.94. The number of hydrogen-bond acceptors (Lipinski definition) is 2. The van der Waals surface area contributed by atoms with Crippen LogP contribution in [0.15, 0.2) is 24.3 Å². The van der Waals surface area contributed by atoms with Gasteiger partial charge in [-0.3, -0.25) is 9.52 Å². The summed E-state index contributed by atoms with van der Waals surface area (Å²) in [5.74, 6) is -0.169. The van der Waals surface area contributed by atoms with E-state index in [9.17, 15) is 4.79 Å². The van der Waals surface area contributed by atoms with Gasteiger partial charge in [0, 0.05) is 5.56 Å². The van der Waals surface area contributed by atoms with E-state index in [2.05, 4.69) is 17.5 Å². The quantitative estimate of drug-likeness (QED) is 0.611. The molecular formula is C8H9NOS. The summed E-state index contributed by atoms with van der Waals surface area (Å²) >= 11 is 3.66. The number of thiol groups is 1. The third-order valence-electron chi connectivity index (χ3n) is 1.38. The minimum atomic E-state index is -0.169. The molecule has 1 aromatic rings. The number of carbonyl (C=O) groups is 1. The molecule has 1 aromatic carbocycles. The SMILES string of the molecule is Cc1cccc(C(=O)NS)c1. The molecule has 0 aliphatic carbocycles. The van der Waals surface area contributed by atoms with Gasteiger partial charge in [0.2, 0.25) is 0 Å². The van der Waals surface area contributed by atoms with Crippen LogP contribution < -0.4 is 4.72 Å². The zero-order valence-electron chi connectivity index (χ0n) is 6.16. The van der Waals surface area contributed by atoms with E-state index < -0.39 is 0 Å². The fourth-order valence-corrected chi connectivity index (χ4v) is 0.980. The first-order chi connectivity index (χ1) is 5.24. The number of benzene rings is 1. The summed E-state index contributed by atoms with van der Waals surface area (Å²) in [5.41, 5.74) is 1.71. The highest BCUT2D eigenvalue weighted by molar-refractivity contribution is 7.78. The predicted octanol–water partition coefficient (Wildman–Crippen LogP) is 1.57. The minimum Gasteiger partial charge on any atom is -0.299 e. The molecule has 0 radical (unpaired) electrons. The van der Waals surface area contributed by atoms with E-state index in [1.807, 2.05) is 25.1 Å². The molecule has 0 saturated heterocycles. The highest BCUT2D eigenvalue weighted by Gasteiger charge is 2.00. The van der Waals surface area contributed by atoms with Gasteiger partial charge in [0.25, 0.3) is 5.91 Å². The topological polar surface area (TPSA) is 29.1 Å². The smallest absolute Gasteiger partial charge is 0.260 e. The highest BCUT2D eigenvalue weighted by atomic mass is 32.1. The summed E-state index contributed by atoms with van der Waals surface area (Å²) in [4.78, 5) is 11.0. The van der Waals surface area contributed by atoms with E-state index in [0.717, 1.165) is 5.56 Å². The van der Waals surface area contributed by atoms with Crippen molar-refractivity contribution in [1.29, 1.82) is 0 Å². The molecule has 0 aromatic heterocycles. The Morgan fingerprint density at radius 2 is 2.27 bits per heavy atom. The van der Waals surface area contributed by atoms with Crippen LogP contribution in [0.2, 0.25) is 0 Å². The van der Waals surface area contributed by atoms with Crippen molar-refractivity contribution in [2.24, 2.45) is 0 Å². The number of nitrogens with one attached hydrogen (secondary N) is 1. The van der Waals surface area contributed by atoms with E-state index in [-0.39, 0.29) is 5.91 Å². The Hall–Kier alpha value is -0.960. The second kappa shape index (κ2) is 3.44. The first-order valence-electron chi connectivity index (χ1n) is 3.25. The first-order valence-corrected chi connectivity index (χ1v) is 3.70. The standard InChI is InChI=1S/C8H9NOS/c1-6-3-2-4-7(5-6)8(10)9-11/h2-5,11H,1H3,(H,9,10). The van der Waals surface area contributed by atoms with Crippen molar-refractivity contribution in [3.63, 3.8) is 0 Å². The average molecular weight is 167 g/mol. The van der Waals surface area contributed by atoms with Crippen LogP contribution in [0.25, 0.3) is 0 Å². The van der Waals surface area contributed by atoms with Crippen molar-refractivity contribution in [3.05, 3.63) is 35.4 Å². The fraction of sp³-hybridized carbons (Fsp3) is 0.125. The van der Waals surface area contributed by atoms with Gasteiger partial charge in [0.1, 0.15) is 0 Å². The normalized spacial score (nSPS) is 9.27. The van der Waals surface area contributed by atoms with Crippen LogP contribution in [0.4, 0.5) is 0 Å². The molecule has 1 rings (SSSR count). The van der Waals surface area contributed by atoms with Gasteiger partial charge >= 0.3 is 0 Å². The van der Waals surface area contributed by atoms with Gasteiger partial charge in [-0.05, 0) is 19.1 Å². The molecule has 0 aliphatic rings. The maximum atomic E-state index is 11.0. The number of hydrogen-bond donors (Lipinski definition) is 2. The van der Waals surface area contributed by atoms with Crippen molar-refractivity contribution in [2.45, 2.75) is 6.92 Å². The Morgan fingerprint density at radius 3 is 2.82 bits per heavy atom. The molecule has 0 atom stereocenters. The van der Waals surface area contributed by atoms with Crippen molar-refractivity contribution < 1.29 is 4.79 Å². The van der Waals surface area contributed by atoms with Gasteiger partial charge in [-0.15, -0.1) is 0 Å². The zero-order valence-corrected chi connectivity index (χ0v) is 7.06. The molecule has 3 heteroatoms. The predicted molar refractivity (Wildman–Crippen MR) is 47.6 cm³/mol. The number of rotatable bonds is 1. The summed E-state index contributed by atoms with van der Waals surface area (Å²) in [7, 11) is 0. The Kier molecular flexibility index (Phi) is 2.54. The second-order valence-corrected chi connectivity index (χ2v) is 2.53. The van der Waals surface area contributed by atoms with E-state index in [4.69, 9.17) is 0 Å². The Balaban J connectivity index is 2.96. The van der Waals surface area contributed by atoms with Gasteiger partial charge in [-0.25, -0.2) is 0 Å². The summed E-state index contributed by atoms with van der Waals surface area (Å²) in [5, 5.41) is 0. The van der Waals surface area contributed by atoms with Crippen LogP contribution in [0.1, 0.15) is 15.9 Å². The molecule has 0 bridgehead atoms. The molecule has 0 unspecified atom stereocenters. The second-order valence-electron chi connectivity index (χ2n) is 2.31. The lowest BCUT2D eigenvalue weighted by Gasteiger charge is -1.98. The molecule has 2 nitrogen and oxygen atoms in total. The molecule has 11 heavy (non-hydrogen) atoms. The van der Waals surface area contributed by atoms with Crippen LogP contribution >= 0.6 is 12.8 Å². The minimum absolute atomic E-state index is 0.169. The third kappa shape index (κ3) is 1.98. The molecule has 0 aliphatic heterocycles. The van der Waals surface area contributed by atoms with Crippen molar-refractivity contribution in [2.75, 3.05) is 0 Å². The number of amides is 1. The lowest BCUT2D eigenvalue weighted by Crippen LogP contribution is -2.12. The zero-order chi connectivity index (χ0) is 8.27. The number of carbonyl (C=O) groups excluding carboxylic acids is 1. The monoisotopic (exact) mass is 167 g/mol. The first kappa shape index (κ1) is 8.14. The maximum Gasteiger partial charge on any atom is 0.260 e. The van der Waals surface area contributed by atoms with Crippen LogP contribution in [0.5, 0.6) is 0 Å². The van der Waals surface area contributed by atoms with Crippen molar-refractivity contribution in [3.8, 4) is 0 Å². The lowest BCUT2D eigenvalue weighted by atomic mass is 10.1. The van der Waals surface area contributed by atoms with Crippen molar-refractivity contribution in [1.82, 2.24) is 4.72 Å². The van der Waals surface area contributed by atoms with E-state index in [1.54, 1.807) is 6.07 Å². The molecular weight excluding hydrogens is 158 g/mol. The molecule has 1 N–H and O–H groups in total. The van der Waals surface area contributed by atoms with Crippen LogP contribution in [-0.2, 0) is 0 Å². The van der Waals surface area contributed by atoms with Crippen molar-refractivity contribution >= 4 is 18.7 Å². The third-order valence-corrected chi connectivity index (χ3v) is 1.58. The van der Waals surface area contributed by atoms with Crippen LogP contribution in [-0.4, -0.2) is 5.91 Å². The maximum absolute atomic E-state index is 11.0. The van der Waals surface area contributed by atoms with Gasteiger partial charge in [0.05, 0.1) is 0 Å². The summed E-state index contributed by atoms with van der Waals surface area (Å²) < 4.78 is 2.26. The largest absolute Gasteiger partial charge is 0.299 e. The van der Waals surface area contributed by atoms with E-state index in [0.29, 0.717) is 5.56 Å². The fourth-order valence-electron chi connectivity index (χ4n) is 0.851. The molecule has 0 spiro atoms. The molecule has 1 amide bonds. The Labute approximate surface area is 71.2 Å². The van der Waals surface area contributed by atoms with Crippen LogP contribution in [0.3, 0.4) is 0 Å².